The van der Waals surface area contributed by atoms with Gasteiger partial charge in [-0.1, -0.05) is 0 Å². The van der Waals surface area contributed by atoms with Crippen molar-refractivity contribution >= 4 is 28.7 Å². The van der Waals surface area contributed by atoms with E-state index in [2.05, 4.69) is 30.6 Å². The fraction of sp³-hybridized carbons (Fsp3) is 0.593. The monoisotopic (exact) mass is 578 g/mol. The Hall–Kier alpha value is -3.52. The Labute approximate surface area is 236 Å². The molecule has 1 saturated heterocycles. The number of imidazole rings is 1. The lowest BCUT2D eigenvalue weighted by Gasteiger charge is -2.19. The van der Waals surface area contributed by atoms with Crippen LogP contribution in [0.25, 0.3) is 11.2 Å². The van der Waals surface area contributed by atoms with Crippen molar-refractivity contribution in [1.29, 1.82) is 0 Å². The zero-order valence-corrected chi connectivity index (χ0v) is 23.6. The van der Waals surface area contributed by atoms with Gasteiger partial charge in [-0.15, -0.1) is 0 Å². The molecule has 5 rings (SSSR count). The maximum Gasteiger partial charge on any atom is 0.416 e. The van der Waals surface area contributed by atoms with E-state index in [9.17, 15) is 18.0 Å². The molecule has 2 unspecified atom stereocenters. The Balaban J connectivity index is 0.000000714. The van der Waals surface area contributed by atoms with E-state index in [1.807, 2.05) is 23.3 Å². The summed E-state index contributed by atoms with van der Waals surface area (Å²) in [6.07, 6.45) is 3.18. The van der Waals surface area contributed by atoms with Gasteiger partial charge in [0.05, 0.1) is 11.9 Å². The standard InChI is InChI=1S/C24H29F3N8O.C3H8O2/c1-14(2)32-23(36)15-3-4-18(9-15)35-13-31-20-21(29-12-30-22(20)35)33-17-6-8-34(11-17)19-10-16(5-7-28-19)24(25,26)27;1-3(2,4)5/h5,7,10,12-15,17-18H,3-4,6,8-9,11H2,1-2H3,(H,32,36)(H,29,30,33);4-5H,1-2H3/t15?,17-,18?;/m0./s1. The van der Waals surface area contributed by atoms with E-state index < -0.39 is 17.5 Å². The average Bonchev–Trinajstić information content (AvgIpc) is 3.62. The van der Waals surface area contributed by atoms with Gasteiger partial charge in [-0.3, -0.25) is 4.79 Å². The lowest BCUT2D eigenvalue weighted by Crippen LogP contribution is -2.34. The first-order valence-corrected chi connectivity index (χ1v) is 13.7. The highest BCUT2D eigenvalue weighted by molar-refractivity contribution is 5.83. The number of aliphatic hydroxyl groups is 2. The van der Waals surface area contributed by atoms with Crippen LogP contribution in [0.5, 0.6) is 0 Å². The summed E-state index contributed by atoms with van der Waals surface area (Å²) in [5, 5.41) is 22.6. The number of carbonyl (C=O) groups excluding carboxylic acids is 1. The molecule has 3 aromatic heterocycles. The van der Waals surface area contributed by atoms with Crippen LogP contribution in [-0.4, -0.2) is 71.6 Å². The van der Waals surface area contributed by atoms with E-state index in [1.165, 1.54) is 26.4 Å². The van der Waals surface area contributed by atoms with Gasteiger partial charge < -0.3 is 30.3 Å². The highest BCUT2D eigenvalue weighted by Crippen LogP contribution is 2.37. The van der Waals surface area contributed by atoms with Crippen molar-refractivity contribution in [2.45, 2.75) is 83.5 Å². The highest BCUT2D eigenvalue weighted by Gasteiger charge is 2.34. The van der Waals surface area contributed by atoms with Crippen LogP contribution in [0.2, 0.25) is 0 Å². The van der Waals surface area contributed by atoms with Crippen LogP contribution in [0.15, 0.2) is 31.0 Å². The number of hydrogen-bond acceptors (Lipinski definition) is 9. The quantitative estimate of drug-likeness (QED) is 0.324. The first-order valence-electron chi connectivity index (χ1n) is 13.7. The van der Waals surface area contributed by atoms with Gasteiger partial charge in [0.2, 0.25) is 5.91 Å². The number of nitrogens with zero attached hydrogens (tertiary/aromatic N) is 6. The van der Waals surface area contributed by atoms with Crippen LogP contribution in [0.3, 0.4) is 0 Å². The maximum atomic E-state index is 13.1. The Bertz CT molecular complexity index is 1340. The summed E-state index contributed by atoms with van der Waals surface area (Å²) in [7, 11) is 0. The number of amides is 1. The number of carbonyl (C=O) groups is 1. The molecule has 0 aromatic carbocycles. The number of pyridine rings is 1. The van der Waals surface area contributed by atoms with Crippen LogP contribution in [0.1, 0.15) is 65.0 Å². The molecule has 3 atom stereocenters. The van der Waals surface area contributed by atoms with Crippen LogP contribution in [0.4, 0.5) is 24.8 Å². The number of hydrogen-bond donors (Lipinski definition) is 4. The number of aromatic nitrogens is 5. The first-order chi connectivity index (χ1) is 19.2. The molecule has 11 nitrogen and oxygen atoms in total. The summed E-state index contributed by atoms with van der Waals surface area (Å²) in [4.78, 5) is 31.8. The Kier molecular flexibility index (Phi) is 9.02. The highest BCUT2D eigenvalue weighted by atomic mass is 19.4. The molecule has 4 N–H and O–H groups in total. The molecule has 0 bridgehead atoms. The van der Waals surface area contributed by atoms with Crippen molar-refractivity contribution in [3.8, 4) is 0 Å². The molecule has 0 spiro atoms. The van der Waals surface area contributed by atoms with Gasteiger partial charge in [0.25, 0.3) is 0 Å². The third-order valence-corrected chi connectivity index (χ3v) is 6.88. The fourth-order valence-corrected chi connectivity index (χ4v) is 5.12. The Morgan fingerprint density at radius 2 is 1.83 bits per heavy atom. The number of halogens is 3. The molecule has 2 fully saturated rings. The van der Waals surface area contributed by atoms with Crippen LogP contribution < -0.4 is 15.5 Å². The molecule has 2 aliphatic rings. The van der Waals surface area contributed by atoms with Crippen molar-refractivity contribution in [3.63, 3.8) is 0 Å². The summed E-state index contributed by atoms with van der Waals surface area (Å²) >= 11 is 0. The lowest BCUT2D eigenvalue weighted by molar-refractivity contribution is -0.137. The minimum Gasteiger partial charge on any atom is -0.366 e. The van der Waals surface area contributed by atoms with Crippen LogP contribution in [-0.2, 0) is 11.0 Å². The van der Waals surface area contributed by atoms with E-state index in [0.717, 1.165) is 37.8 Å². The van der Waals surface area contributed by atoms with Gasteiger partial charge in [0.15, 0.2) is 17.3 Å². The minimum atomic E-state index is -4.40. The minimum absolute atomic E-state index is 0.0248. The van der Waals surface area contributed by atoms with E-state index in [1.54, 1.807) is 6.33 Å². The zero-order chi connectivity index (χ0) is 29.9. The summed E-state index contributed by atoms with van der Waals surface area (Å²) in [6, 6.07) is 2.29. The van der Waals surface area contributed by atoms with Crippen molar-refractivity contribution in [2.24, 2.45) is 5.92 Å². The van der Waals surface area contributed by atoms with E-state index in [4.69, 9.17) is 10.2 Å². The third-order valence-electron chi connectivity index (χ3n) is 6.88. The third kappa shape index (κ3) is 8.03. The summed E-state index contributed by atoms with van der Waals surface area (Å²) in [5.41, 5.74) is 0.642. The topological polar surface area (TPSA) is 141 Å². The SMILES string of the molecule is CC(C)(O)O.CC(C)NC(=O)C1CCC(n2cnc3c(N[C@H]4CCN(c5cc(C(F)(F)F)ccn5)C4)ncnc32)C1. The molecule has 14 heteroatoms. The predicted molar refractivity (Wildman–Crippen MR) is 147 cm³/mol. The number of rotatable bonds is 6. The van der Waals surface area contributed by atoms with E-state index >= 15 is 0 Å². The van der Waals surface area contributed by atoms with Crippen LogP contribution >= 0.6 is 0 Å². The van der Waals surface area contributed by atoms with Gasteiger partial charge in [0, 0.05) is 43.3 Å². The summed E-state index contributed by atoms with van der Waals surface area (Å²) in [6.45, 7) is 7.59. The van der Waals surface area contributed by atoms with Crippen LogP contribution in [0, 0.1) is 5.92 Å². The first kappa shape index (κ1) is 30.4. The van der Waals surface area contributed by atoms with Crippen molar-refractivity contribution in [2.75, 3.05) is 23.3 Å². The number of fused-ring (bicyclic) bond motifs is 1. The van der Waals surface area contributed by atoms with Gasteiger partial charge in [-0.25, -0.2) is 19.9 Å². The Morgan fingerprint density at radius 3 is 2.51 bits per heavy atom. The van der Waals surface area contributed by atoms with Crippen molar-refractivity contribution in [3.05, 3.63) is 36.5 Å². The van der Waals surface area contributed by atoms with Crippen molar-refractivity contribution < 1.29 is 28.2 Å². The van der Waals surface area contributed by atoms with Gasteiger partial charge in [-0.2, -0.15) is 13.2 Å². The number of nitrogens with one attached hydrogen (secondary N) is 2. The van der Waals surface area contributed by atoms with Gasteiger partial charge in [0.1, 0.15) is 17.7 Å². The molecule has 41 heavy (non-hydrogen) atoms. The zero-order valence-electron chi connectivity index (χ0n) is 23.6. The van der Waals surface area contributed by atoms with Gasteiger partial charge in [-0.05, 0) is 65.5 Å². The molecule has 4 heterocycles. The molecule has 1 saturated carbocycles. The van der Waals surface area contributed by atoms with Crippen molar-refractivity contribution in [1.82, 2.24) is 29.8 Å². The van der Waals surface area contributed by atoms with E-state index in [0.29, 0.717) is 35.9 Å². The average molecular weight is 579 g/mol. The van der Waals surface area contributed by atoms with Gasteiger partial charge >= 0.3 is 6.18 Å². The maximum absolute atomic E-state index is 13.1. The second kappa shape index (κ2) is 12.1. The Morgan fingerprint density at radius 1 is 1.10 bits per heavy atom. The predicted octanol–water partition coefficient (Wildman–Crippen LogP) is 3.50. The summed E-state index contributed by atoms with van der Waals surface area (Å²) in [5.74, 6) is -0.531. The number of anilines is 2. The molecule has 3 aromatic rings. The lowest BCUT2D eigenvalue weighted by atomic mass is 10.1. The number of alkyl halides is 3. The molecular weight excluding hydrogens is 541 g/mol. The van der Waals surface area contributed by atoms with E-state index in [-0.39, 0.29) is 30.0 Å². The normalized spacial score (nSPS) is 21.2. The molecule has 1 aliphatic heterocycles. The molecule has 1 amide bonds. The largest absolute Gasteiger partial charge is 0.416 e. The second-order valence-electron chi connectivity index (χ2n) is 11.3. The fourth-order valence-electron chi connectivity index (χ4n) is 5.12. The molecule has 0 radical (unpaired) electrons. The molecular formula is C27H37F3N8O3. The molecule has 224 valence electrons. The smallest absolute Gasteiger partial charge is 0.366 e. The molecule has 1 aliphatic carbocycles. The second-order valence-corrected chi connectivity index (χ2v) is 11.3. The summed E-state index contributed by atoms with van der Waals surface area (Å²) < 4.78 is 41.3.